The van der Waals surface area contributed by atoms with Gasteiger partial charge in [0.2, 0.25) is 5.43 Å². The predicted molar refractivity (Wildman–Crippen MR) is 90.1 cm³/mol. The van der Waals surface area contributed by atoms with E-state index in [0.29, 0.717) is 5.69 Å². The van der Waals surface area contributed by atoms with Crippen LogP contribution in [-0.4, -0.2) is 24.5 Å². The molecule has 0 aliphatic rings. The molecule has 128 valence electrons. The number of nitrogens with zero attached hydrogens (tertiary/aromatic N) is 5. The lowest BCUT2D eigenvalue weighted by atomic mass is 10.2. The molecule has 8 heteroatoms. The molecule has 3 aromatic heterocycles. The van der Waals surface area contributed by atoms with Crippen LogP contribution in [0.2, 0.25) is 0 Å². The summed E-state index contributed by atoms with van der Waals surface area (Å²) < 4.78 is 30.3. The molecule has 0 bridgehead atoms. The Morgan fingerprint density at radius 3 is 2.69 bits per heavy atom. The molecule has 0 saturated heterocycles. The van der Waals surface area contributed by atoms with E-state index in [4.69, 9.17) is 0 Å². The van der Waals surface area contributed by atoms with Gasteiger partial charge in [-0.25, -0.2) is 18.1 Å². The van der Waals surface area contributed by atoms with Gasteiger partial charge < -0.3 is 0 Å². The van der Waals surface area contributed by atoms with E-state index in [0.717, 1.165) is 22.9 Å². The zero-order valence-electron chi connectivity index (χ0n) is 13.3. The van der Waals surface area contributed by atoms with Gasteiger partial charge in [-0.2, -0.15) is 10.2 Å². The summed E-state index contributed by atoms with van der Waals surface area (Å²) in [6.45, 7) is 0. The van der Waals surface area contributed by atoms with Crippen molar-refractivity contribution in [3.63, 3.8) is 0 Å². The molecule has 1 aromatic carbocycles. The van der Waals surface area contributed by atoms with Crippen molar-refractivity contribution < 1.29 is 8.78 Å². The molecule has 6 nitrogen and oxygen atoms in total. The molecule has 0 saturated carbocycles. The molecule has 0 atom stereocenters. The first-order chi connectivity index (χ1) is 12.6. The number of rotatable bonds is 3. The van der Waals surface area contributed by atoms with Gasteiger partial charge >= 0.3 is 0 Å². The van der Waals surface area contributed by atoms with Crippen LogP contribution in [0.1, 0.15) is 0 Å². The summed E-state index contributed by atoms with van der Waals surface area (Å²) in [6.07, 6.45) is 6.11. The third-order valence-corrected chi connectivity index (χ3v) is 3.74. The van der Waals surface area contributed by atoms with Crippen LogP contribution < -0.4 is 5.43 Å². The third-order valence-electron chi connectivity index (χ3n) is 3.74. The first-order valence-electron chi connectivity index (χ1n) is 7.64. The van der Waals surface area contributed by atoms with E-state index in [-0.39, 0.29) is 22.5 Å². The Bertz CT molecular complexity index is 1140. The lowest BCUT2D eigenvalue weighted by Crippen LogP contribution is -2.15. The molecular weight excluding hydrogens is 340 g/mol. The maximum Gasteiger partial charge on any atom is 0.209 e. The van der Waals surface area contributed by atoms with Crippen LogP contribution >= 0.6 is 0 Å². The van der Waals surface area contributed by atoms with Gasteiger partial charge in [0.05, 0.1) is 23.8 Å². The van der Waals surface area contributed by atoms with Crippen molar-refractivity contribution >= 4 is 0 Å². The molecule has 26 heavy (non-hydrogen) atoms. The fourth-order valence-corrected chi connectivity index (χ4v) is 2.54. The second kappa shape index (κ2) is 6.32. The lowest BCUT2D eigenvalue weighted by Gasteiger charge is -2.10. The molecule has 0 aliphatic heterocycles. The largest absolute Gasteiger partial charge is 0.287 e. The Morgan fingerprint density at radius 1 is 1.00 bits per heavy atom. The van der Waals surface area contributed by atoms with Crippen molar-refractivity contribution in [2.45, 2.75) is 0 Å². The Morgan fingerprint density at radius 2 is 1.88 bits per heavy atom. The molecule has 0 amide bonds. The van der Waals surface area contributed by atoms with E-state index in [1.807, 2.05) is 0 Å². The molecule has 0 N–H and O–H groups in total. The van der Waals surface area contributed by atoms with E-state index in [1.54, 1.807) is 24.5 Å². The van der Waals surface area contributed by atoms with Crippen LogP contribution in [0, 0.1) is 11.6 Å². The number of hydrogen-bond donors (Lipinski definition) is 0. The number of hydrogen-bond acceptors (Lipinski definition) is 4. The van der Waals surface area contributed by atoms with E-state index < -0.39 is 11.6 Å². The quantitative estimate of drug-likeness (QED) is 0.569. The predicted octanol–water partition coefficient (Wildman–Crippen LogP) is 2.76. The Balaban J connectivity index is 1.89. The van der Waals surface area contributed by atoms with Gasteiger partial charge in [-0.05, 0) is 30.3 Å². The van der Waals surface area contributed by atoms with E-state index in [9.17, 15) is 13.6 Å². The number of halogens is 2. The molecule has 0 unspecified atom stereocenters. The zero-order chi connectivity index (χ0) is 18.1. The number of pyridine rings is 1. The van der Waals surface area contributed by atoms with E-state index in [2.05, 4.69) is 15.2 Å². The molecule has 4 aromatic rings. The topological polar surface area (TPSA) is 65.6 Å². The van der Waals surface area contributed by atoms with Crippen molar-refractivity contribution in [3.05, 3.63) is 89.1 Å². The summed E-state index contributed by atoms with van der Waals surface area (Å²) in [5.41, 5.74) is 0.471. The van der Waals surface area contributed by atoms with Gasteiger partial charge in [0.1, 0.15) is 17.3 Å². The fourth-order valence-electron chi connectivity index (χ4n) is 2.54. The summed E-state index contributed by atoms with van der Waals surface area (Å²) >= 11 is 0. The average molecular weight is 351 g/mol. The number of aromatic nitrogens is 5. The van der Waals surface area contributed by atoms with Gasteiger partial charge in [-0.1, -0.05) is 0 Å². The lowest BCUT2D eigenvalue weighted by molar-refractivity contribution is 0.587. The van der Waals surface area contributed by atoms with Crippen LogP contribution in [-0.2, 0) is 0 Å². The monoisotopic (exact) mass is 351 g/mol. The molecule has 0 spiro atoms. The Kier molecular flexibility index (Phi) is 3.85. The summed E-state index contributed by atoms with van der Waals surface area (Å²) in [5, 5.41) is 8.33. The SMILES string of the molecule is O=c1ccn(-c2cccnc2)nc1-c1ccnn1-c1cc(F)ccc1F. The molecule has 0 aliphatic carbocycles. The van der Waals surface area contributed by atoms with Gasteiger partial charge in [-0.15, -0.1) is 0 Å². The maximum absolute atomic E-state index is 14.1. The summed E-state index contributed by atoms with van der Waals surface area (Å²) in [6, 6.07) is 9.39. The van der Waals surface area contributed by atoms with Gasteiger partial charge in [-0.3, -0.25) is 9.78 Å². The van der Waals surface area contributed by atoms with Crippen LogP contribution in [0.4, 0.5) is 8.78 Å². The molecule has 3 heterocycles. The minimum atomic E-state index is -0.667. The van der Waals surface area contributed by atoms with Crippen molar-refractivity contribution in [2.75, 3.05) is 0 Å². The fraction of sp³-hybridized carbons (Fsp3) is 0. The van der Waals surface area contributed by atoms with Crippen LogP contribution in [0.3, 0.4) is 0 Å². The van der Waals surface area contributed by atoms with E-state index in [1.165, 1.54) is 29.2 Å². The second-order valence-corrected chi connectivity index (χ2v) is 5.41. The van der Waals surface area contributed by atoms with Crippen molar-refractivity contribution in [1.82, 2.24) is 24.5 Å². The van der Waals surface area contributed by atoms with Crippen molar-refractivity contribution in [1.29, 1.82) is 0 Å². The van der Waals surface area contributed by atoms with Crippen LogP contribution in [0.5, 0.6) is 0 Å². The Labute approximate surface area is 146 Å². The van der Waals surface area contributed by atoms with Gasteiger partial charge in [0, 0.05) is 24.5 Å². The van der Waals surface area contributed by atoms with Crippen LogP contribution in [0.15, 0.2) is 72.0 Å². The molecule has 0 fully saturated rings. The zero-order valence-corrected chi connectivity index (χ0v) is 13.3. The van der Waals surface area contributed by atoms with Crippen LogP contribution in [0.25, 0.3) is 22.8 Å². The highest BCUT2D eigenvalue weighted by Crippen LogP contribution is 2.21. The standard InChI is InChI=1S/C18H11F2N5O/c19-12-3-4-14(20)16(10-12)25-15(5-8-22-25)18-17(26)6-9-24(23-18)13-2-1-7-21-11-13/h1-11H. The summed E-state index contributed by atoms with van der Waals surface area (Å²) in [5.74, 6) is -1.28. The summed E-state index contributed by atoms with van der Waals surface area (Å²) in [4.78, 5) is 16.4. The normalized spacial score (nSPS) is 10.8. The van der Waals surface area contributed by atoms with Crippen molar-refractivity contribution in [3.8, 4) is 22.8 Å². The summed E-state index contributed by atoms with van der Waals surface area (Å²) in [7, 11) is 0. The molecule has 4 rings (SSSR count). The van der Waals surface area contributed by atoms with Gasteiger partial charge in [0.15, 0.2) is 5.69 Å². The first-order valence-corrected chi connectivity index (χ1v) is 7.64. The van der Waals surface area contributed by atoms with E-state index >= 15 is 0 Å². The highest BCUT2D eigenvalue weighted by molar-refractivity contribution is 5.57. The third kappa shape index (κ3) is 2.77. The minimum absolute atomic E-state index is 0.0533. The average Bonchev–Trinajstić information content (AvgIpc) is 3.14. The molecular formula is C18H11F2N5O. The molecule has 0 radical (unpaired) electrons. The van der Waals surface area contributed by atoms with Crippen molar-refractivity contribution in [2.24, 2.45) is 0 Å². The second-order valence-electron chi connectivity index (χ2n) is 5.41. The maximum atomic E-state index is 14.1. The number of benzene rings is 1. The van der Waals surface area contributed by atoms with Gasteiger partial charge in [0.25, 0.3) is 0 Å². The highest BCUT2D eigenvalue weighted by Gasteiger charge is 2.16. The highest BCUT2D eigenvalue weighted by atomic mass is 19.1. The first kappa shape index (κ1) is 15.8. The minimum Gasteiger partial charge on any atom is -0.287 e. The Hall–Kier alpha value is -3.68. The smallest absolute Gasteiger partial charge is 0.209 e.